The molecule has 0 saturated heterocycles. The summed E-state index contributed by atoms with van der Waals surface area (Å²) in [6.45, 7) is 0. The van der Waals surface area contributed by atoms with E-state index >= 15 is 0 Å². The molecule has 0 spiro atoms. The highest BCUT2D eigenvalue weighted by Crippen LogP contribution is 2.29. The van der Waals surface area contributed by atoms with Gasteiger partial charge in [-0.05, 0) is 67.8 Å². The molecule has 2 aromatic rings. The normalized spacial score (nSPS) is 9.39. The van der Waals surface area contributed by atoms with Crippen molar-refractivity contribution in [2.24, 2.45) is 0 Å². The molecule has 2 aromatic carbocycles. The zero-order valence-corrected chi connectivity index (χ0v) is 14.8. The number of hydrogen-bond donors (Lipinski definition) is 0. The van der Waals surface area contributed by atoms with Gasteiger partial charge in [-0.25, -0.2) is 4.79 Å². The highest BCUT2D eigenvalue weighted by Gasteiger charge is 2.17. The largest absolute Gasteiger partial charge is 0.423 e. The number of allylic oxidation sites excluding steroid dienone is 1. The molecular formula is C17H8Br2N2O2. The van der Waals surface area contributed by atoms with Crippen LogP contribution in [-0.4, -0.2) is 5.97 Å². The zero-order chi connectivity index (χ0) is 16.8. The second kappa shape index (κ2) is 7.73. The standard InChI is InChI=1S/C17H8Br2N2O2/c18-14-7-11(6-12(9-20)10-21)8-15(19)16(14)17(22)23-13-4-2-1-3-5-13/h1-8H. The third-order valence-electron chi connectivity index (χ3n) is 2.77. The summed E-state index contributed by atoms with van der Waals surface area (Å²) in [6.07, 6.45) is 1.43. The predicted octanol–water partition coefficient (Wildman–Crippen LogP) is 4.86. The second-order valence-electron chi connectivity index (χ2n) is 4.34. The molecule has 23 heavy (non-hydrogen) atoms. The van der Waals surface area contributed by atoms with Crippen LogP contribution in [0.2, 0.25) is 0 Å². The van der Waals surface area contributed by atoms with Gasteiger partial charge in [0, 0.05) is 8.95 Å². The fraction of sp³-hybridized carbons (Fsp3) is 0. The van der Waals surface area contributed by atoms with E-state index in [0.29, 0.717) is 25.8 Å². The molecule has 0 bridgehead atoms. The van der Waals surface area contributed by atoms with E-state index in [1.165, 1.54) is 6.08 Å². The van der Waals surface area contributed by atoms with Crippen LogP contribution in [-0.2, 0) is 0 Å². The van der Waals surface area contributed by atoms with Crippen LogP contribution in [0, 0.1) is 22.7 Å². The summed E-state index contributed by atoms with van der Waals surface area (Å²) in [5.41, 5.74) is 0.906. The minimum atomic E-state index is -0.522. The fourth-order valence-electron chi connectivity index (χ4n) is 1.77. The Bertz CT molecular complexity index is 823. The molecule has 2 rings (SSSR count). The molecule has 0 unspecified atom stereocenters. The Labute approximate surface area is 149 Å². The molecule has 0 radical (unpaired) electrons. The summed E-state index contributed by atoms with van der Waals surface area (Å²) in [6, 6.07) is 15.6. The number of benzene rings is 2. The number of nitrogens with zero attached hydrogens (tertiary/aromatic N) is 2. The van der Waals surface area contributed by atoms with Crippen molar-refractivity contribution in [2.45, 2.75) is 0 Å². The van der Waals surface area contributed by atoms with Crippen LogP contribution in [0.25, 0.3) is 6.08 Å². The van der Waals surface area contributed by atoms with E-state index in [1.807, 2.05) is 6.07 Å². The van der Waals surface area contributed by atoms with E-state index in [0.717, 1.165) is 0 Å². The number of carbonyl (C=O) groups is 1. The Balaban J connectivity index is 2.35. The van der Waals surface area contributed by atoms with Gasteiger partial charge in [0.25, 0.3) is 0 Å². The maximum Gasteiger partial charge on any atom is 0.345 e. The van der Waals surface area contributed by atoms with Gasteiger partial charge in [-0.15, -0.1) is 0 Å². The van der Waals surface area contributed by atoms with Gasteiger partial charge < -0.3 is 4.74 Å². The molecule has 0 aliphatic heterocycles. The Hall–Kier alpha value is -2.41. The van der Waals surface area contributed by atoms with E-state index < -0.39 is 5.97 Å². The summed E-state index contributed by atoms with van der Waals surface area (Å²) < 4.78 is 6.30. The van der Waals surface area contributed by atoms with Gasteiger partial charge in [0.15, 0.2) is 0 Å². The Morgan fingerprint density at radius 2 is 1.61 bits per heavy atom. The van der Waals surface area contributed by atoms with Crippen LogP contribution in [0.1, 0.15) is 15.9 Å². The van der Waals surface area contributed by atoms with Gasteiger partial charge in [0.2, 0.25) is 0 Å². The van der Waals surface area contributed by atoms with Crippen molar-refractivity contribution < 1.29 is 9.53 Å². The van der Waals surface area contributed by atoms with Gasteiger partial charge in [0.05, 0.1) is 5.56 Å². The summed E-state index contributed by atoms with van der Waals surface area (Å²) in [5.74, 6) is -0.0808. The van der Waals surface area contributed by atoms with Crippen molar-refractivity contribution in [1.29, 1.82) is 10.5 Å². The summed E-state index contributed by atoms with van der Waals surface area (Å²) in [5, 5.41) is 17.6. The van der Waals surface area contributed by atoms with Crippen LogP contribution in [0.15, 0.2) is 57.0 Å². The van der Waals surface area contributed by atoms with Crippen molar-refractivity contribution >= 4 is 43.9 Å². The molecule has 112 valence electrons. The molecular weight excluding hydrogens is 424 g/mol. The van der Waals surface area contributed by atoms with Gasteiger partial charge in [-0.2, -0.15) is 10.5 Å². The lowest BCUT2D eigenvalue weighted by molar-refractivity contribution is 0.0733. The Kier molecular flexibility index (Phi) is 5.70. The lowest BCUT2D eigenvalue weighted by Crippen LogP contribution is -2.10. The third kappa shape index (κ3) is 4.29. The number of rotatable bonds is 3. The van der Waals surface area contributed by atoms with Gasteiger partial charge in [0.1, 0.15) is 23.5 Å². The van der Waals surface area contributed by atoms with Crippen LogP contribution in [0.5, 0.6) is 5.75 Å². The monoisotopic (exact) mass is 430 g/mol. The number of carbonyl (C=O) groups excluding carboxylic acids is 1. The highest BCUT2D eigenvalue weighted by molar-refractivity contribution is 9.11. The highest BCUT2D eigenvalue weighted by atomic mass is 79.9. The van der Waals surface area contributed by atoms with Crippen LogP contribution in [0.4, 0.5) is 0 Å². The molecule has 4 nitrogen and oxygen atoms in total. The molecule has 0 saturated carbocycles. The van der Waals surface area contributed by atoms with Crippen LogP contribution >= 0.6 is 31.9 Å². The summed E-state index contributed by atoms with van der Waals surface area (Å²) >= 11 is 6.64. The van der Waals surface area contributed by atoms with Gasteiger partial charge in [-0.3, -0.25) is 0 Å². The summed E-state index contributed by atoms with van der Waals surface area (Å²) in [4.78, 5) is 12.3. The molecule has 6 heteroatoms. The molecule has 0 atom stereocenters. The number of ether oxygens (including phenoxy) is 1. The SMILES string of the molecule is N#CC(C#N)=Cc1cc(Br)c(C(=O)Oc2ccccc2)c(Br)c1. The average Bonchev–Trinajstić information content (AvgIpc) is 2.53. The number of esters is 1. The van der Waals surface area contributed by atoms with Gasteiger partial charge >= 0.3 is 5.97 Å². The lowest BCUT2D eigenvalue weighted by atomic mass is 10.1. The second-order valence-corrected chi connectivity index (χ2v) is 6.05. The van der Waals surface area contributed by atoms with E-state index in [2.05, 4.69) is 31.9 Å². The average molecular weight is 432 g/mol. The van der Waals surface area contributed by atoms with Crippen LogP contribution < -0.4 is 4.74 Å². The predicted molar refractivity (Wildman–Crippen MR) is 92.4 cm³/mol. The number of nitriles is 2. The first-order chi connectivity index (χ1) is 11.0. The number of halogens is 2. The maximum atomic E-state index is 12.3. The molecule has 0 amide bonds. The first-order valence-corrected chi connectivity index (χ1v) is 7.92. The third-order valence-corrected chi connectivity index (χ3v) is 4.03. The smallest absolute Gasteiger partial charge is 0.345 e. The van der Waals surface area contributed by atoms with E-state index in [4.69, 9.17) is 15.3 Å². The van der Waals surface area contributed by atoms with E-state index in [9.17, 15) is 4.79 Å². The Morgan fingerprint density at radius 3 is 2.13 bits per heavy atom. The molecule has 0 N–H and O–H groups in total. The lowest BCUT2D eigenvalue weighted by Gasteiger charge is -2.09. The fourth-order valence-corrected chi connectivity index (χ4v) is 3.32. The quantitative estimate of drug-likeness (QED) is 0.395. The molecule has 0 fully saturated rings. The Morgan fingerprint density at radius 1 is 1.04 bits per heavy atom. The first kappa shape index (κ1) is 17.0. The van der Waals surface area contributed by atoms with E-state index in [-0.39, 0.29) is 5.57 Å². The number of hydrogen-bond acceptors (Lipinski definition) is 4. The minimum Gasteiger partial charge on any atom is -0.423 e. The summed E-state index contributed by atoms with van der Waals surface area (Å²) in [7, 11) is 0. The number of para-hydroxylation sites is 1. The molecule has 0 aliphatic rings. The maximum absolute atomic E-state index is 12.3. The molecule has 0 aromatic heterocycles. The minimum absolute atomic E-state index is 0.0246. The van der Waals surface area contributed by atoms with Crippen LogP contribution in [0.3, 0.4) is 0 Å². The van der Waals surface area contributed by atoms with Crippen molar-refractivity contribution in [3.05, 3.63) is 68.1 Å². The van der Waals surface area contributed by atoms with E-state index in [1.54, 1.807) is 48.5 Å². The van der Waals surface area contributed by atoms with Gasteiger partial charge in [-0.1, -0.05) is 18.2 Å². The topological polar surface area (TPSA) is 73.9 Å². The van der Waals surface area contributed by atoms with Crippen molar-refractivity contribution in [3.63, 3.8) is 0 Å². The van der Waals surface area contributed by atoms with Crippen molar-refractivity contribution in [2.75, 3.05) is 0 Å². The van der Waals surface area contributed by atoms with Crippen molar-refractivity contribution in [3.8, 4) is 17.9 Å². The van der Waals surface area contributed by atoms with Crippen molar-refractivity contribution in [1.82, 2.24) is 0 Å². The molecule has 0 aliphatic carbocycles. The zero-order valence-electron chi connectivity index (χ0n) is 11.6. The molecule has 0 heterocycles. The first-order valence-electron chi connectivity index (χ1n) is 6.33.